The molecule has 1 unspecified atom stereocenters. The fourth-order valence-corrected chi connectivity index (χ4v) is 3.68. The Labute approximate surface area is 174 Å². The van der Waals surface area contributed by atoms with Gasteiger partial charge >= 0.3 is 0 Å². The Bertz CT molecular complexity index is 1090. The summed E-state index contributed by atoms with van der Waals surface area (Å²) in [5.74, 6) is 1.10. The number of nitrogens with one attached hydrogen (secondary N) is 1. The van der Waals surface area contributed by atoms with Crippen molar-refractivity contribution in [3.05, 3.63) is 93.5 Å². The van der Waals surface area contributed by atoms with Gasteiger partial charge in [0.15, 0.2) is 18.2 Å². The molecule has 6 heteroatoms. The third-order valence-corrected chi connectivity index (χ3v) is 5.35. The molecule has 154 valence electrons. The minimum atomic E-state index is -0.282. The van der Waals surface area contributed by atoms with Crippen molar-refractivity contribution in [1.29, 1.82) is 0 Å². The van der Waals surface area contributed by atoms with Gasteiger partial charge in [-0.3, -0.25) is 9.59 Å². The van der Waals surface area contributed by atoms with Crippen molar-refractivity contribution in [2.24, 2.45) is 0 Å². The maximum absolute atomic E-state index is 12.4. The first-order chi connectivity index (χ1) is 14.6. The van der Waals surface area contributed by atoms with Crippen LogP contribution in [0.15, 0.2) is 70.1 Å². The molecule has 0 saturated heterocycles. The first kappa shape index (κ1) is 19.9. The minimum absolute atomic E-state index is 0.0413. The molecule has 3 aromatic rings. The first-order valence-corrected chi connectivity index (χ1v) is 9.94. The largest absolute Gasteiger partial charge is 0.497 e. The normalized spacial score (nSPS) is 15.3. The van der Waals surface area contributed by atoms with Crippen LogP contribution in [0.1, 0.15) is 27.2 Å². The van der Waals surface area contributed by atoms with Crippen LogP contribution in [0.4, 0.5) is 0 Å². The van der Waals surface area contributed by atoms with Gasteiger partial charge < -0.3 is 18.8 Å². The number of carbonyl (C=O) groups is 1. The van der Waals surface area contributed by atoms with E-state index in [1.165, 1.54) is 28.4 Å². The van der Waals surface area contributed by atoms with E-state index in [2.05, 4.69) is 24.3 Å². The number of Topliss-reactive ketones (excluding diaryl/α,β-unsaturated/α-hetero) is 1. The maximum Gasteiger partial charge on any atom is 0.227 e. The van der Waals surface area contributed by atoms with E-state index in [0.717, 1.165) is 19.5 Å². The van der Waals surface area contributed by atoms with Gasteiger partial charge in [-0.1, -0.05) is 24.3 Å². The van der Waals surface area contributed by atoms with Crippen molar-refractivity contribution in [2.75, 3.05) is 20.3 Å². The van der Waals surface area contributed by atoms with E-state index >= 15 is 0 Å². The lowest BCUT2D eigenvalue weighted by Gasteiger charge is -2.25. The van der Waals surface area contributed by atoms with Crippen LogP contribution >= 0.6 is 0 Å². The summed E-state index contributed by atoms with van der Waals surface area (Å²) in [6.07, 6.45) is 2.32. The Kier molecular flexibility index (Phi) is 5.95. The number of hydrogen-bond donors (Lipinski definition) is 1. The third-order valence-electron chi connectivity index (χ3n) is 5.35. The van der Waals surface area contributed by atoms with Gasteiger partial charge in [0.05, 0.1) is 13.7 Å². The zero-order valence-electron chi connectivity index (χ0n) is 16.9. The van der Waals surface area contributed by atoms with Gasteiger partial charge in [-0.25, -0.2) is 0 Å². The molecule has 1 N–H and O–H groups in total. The van der Waals surface area contributed by atoms with E-state index in [1.54, 1.807) is 31.4 Å². The van der Waals surface area contributed by atoms with Crippen molar-refractivity contribution in [1.82, 2.24) is 0 Å². The fourth-order valence-electron chi connectivity index (χ4n) is 3.68. The molecule has 2 heterocycles. The van der Waals surface area contributed by atoms with Gasteiger partial charge in [0.2, 0.25) is 11.2 Å². The van der Waals surface area contributed by atoms with Gasteiger partial charge in [-0.15, -0.1) is 0 Å². The summed E-state index contributed by atoms with van der Waals surface area (Å²) in [6, 6.07) is 16.6. The van der Waals surface area contributed by atoms with Gasteiger partial charge in [-0.05, 0) is 29.8 Å². The number of fused-ring (bicyclic) bond motifs is 1. The Morgan fingerprint density at radius 1 is 1.10 bits per heavy atom. The smallest absolute Gasteiger partial charge is 0.227 e. The molecule has 0 aliphatic carbocycles. The highest BCUT2D eigenvalue weighted by Gasteiger charge is 2.20. The Hall–Kier alpha value is -3.38. The first-order valence-electron chi connectivity index (χ1n) is 9.94. The number of rotatable bonds is 7. The average molecular weight is 406 g/mol. The zero-order chi connectivity index (χ0) is 20.9. The summed E-state index contributed by atoms with van der Waals surface area (Å²) in [7, 11) is 1.56. The van der Waals surface area contributed by atoms with E-state index in [-0.39, 0.29) is 23.6 Å². The van der Waals surface area contributed by atoms with Crippen molar-refractivity contribution >= 4 is 5.78 Å². The van der Waals surface area contributed by atoms with Crippen LogP contribution in [0.5, 0.6) is 11.5 Å². The lowest BCUT2D eigenvalue weighted by Crippen LogP contribution is -3.10. The fraction of sp³-hybridized carbons (Fsp3) is 0.250. The predicted molar refractivity (Wildman–Crippen MR) is 111 cm³/mol. The lowest BCUT2D eigenvalue weighted by molar-refractivity contribution is -0.930. The molecule has 0 spiro atoms. The van der Waals surface area contributed by atoms with E-state index in [9.17, 15) is 9.59 Å². The van der Waals surface area contributed by atoms with Crippen LogP contribution in [-0.4, -0.2) is 26.0 Å². The number of ether oxygens (including phenoxy) is 2. The van der Waals surface area contributed by atoms with Crippen LogP contribution < -0.4 is 19.8 Å². The molecule has 1 aliphatic heterocycles. The third kappa shape index (κ3) is 4.60. The molecule has 2 aromatic carbocycles. The molecular formula is C24H24NO5+. The lowest BCUT2D eigenvalue weighted by atomic mass is 10.00. The van der Waals surface area contributed by atoms with Crippen molar-refractivity contribution in [3.63, 3.8) is 0 Å². The van der Waals surface area contributed by atoms with Gasteiger partial charge in [-0.2, -0.15) is 0 Å². The molecule has 4 rings (SSSR count). The van der Waals surface area contributed by atoms with Crippen LogP contribution in [0.3, 0.4) is 0 Å². The van der Waals surface area contributed by atoms with Gasteiger partial charge in [0, 0.05) is 23.6 Å². The molecule has 0 saturated carbocycles. The van der Waals surface area contributed by atoms with Crippen LogP contribution in [-0.2, 0) is 19.5 Å². The topological polar surface area (TPSA) is 70.2 Å². The summed E-state index contributed by atoms with van der Waals surface area (Å²) in [4.78, 5) is 26.0. The Balaban J connectivity index is 1.35. The summed E-state index contributed by atoms with van der Waals surface area (Å²) >= 11 is 0. The molecule has 0 fully saturated rings. The molecule has 0 radical (unpaired) electrons. The number of methoxy groups -OCH3 is 1. The SMILES string of the molecule is COc1ccc(C(=O)COc2coc(C[NH+]3CCc4ccccc4C3)cc2=O)cc1. The minimum Gasteiger partial charge on any atom is -0.497 e. The molecule has 0 amide bonds. The van der Waals surface area contributed by atoms with Crippen molar-refractivity contribution in [3.8, 4) is 11.5 Å². The molecule has 1 aromatic heterocycles. The molecule has 1 atom stereocenters. The molecule has 30 heavy (non-hydrogen) atoms. The average Bonchev–Trinajstić information content (AvgIpc) is 2.78. The summed E-state index contributed by atoms with van der Waals surface area (Å²) in [6.45, 7) is 2.31. The molecule has 6 nitrogen and oxygen atoms in total. The highest BCUT2D eigenvalue weighted by atomic mass is 16.5. The Morgan fingerprint density at radius 3 is 2.60 bits per heavy atom. The van der Waals surface area contributed by atoms with Crippen molar-refractivity contribution in [2.45, 2.75) is 19.5 Å². The summed E-state index contributed by atoms with van der Waals surface area (Å²) < 4.78 is 16.1. The quantitative estimate of drug-likeness (QED) is 0.608. The standard InChI is InChI=1S/C24H23NO5/c1-28-20-8-6-18(7-9-20)23(27)15-30-24-16-29-21(12-22(24)26)14-25-11-10-17-4-2-3-5-19(17)13-25/h2-9,12,16H,10-11,13-15H2,1H3/p+1. The van der Waals surface area contributed by atoms with E-state index in [0.29, 0.717) is 23.6 Å². The number of quaternary nitrogens is 1. The highest BCUT2D eigenvalue weighted by Crippen LogP contribution is 2.13. The van der Waals surface area contributed by atoms with E-state index in [4.69, 9.17) is 13.9 Å². The maximum atomic E-state index is 12.4. The number of ketones is 1. The van der Waals surface area contributed by atoms with E-state index in [1.807, 2.05) is 0 Å². The predicted octanol–water partition coefficient (Wildman–Crippen LogP) is 2.05. The van der Waals surface area contributed by atoms with Gasteiger partial charge in [0.25, 0.3) is 0 Å². The number of carbonyl (C=O) groups excluding carboxylic acids is 1. The second-order valence-electron chi connectivity index (χ2n) is 7.39. The zero-order valence-corrected chi connectivity index (χ0v) is 16.9. The molecule has 0 bridgehead atoms. The number of hydrogen-bond acceptors (Lipinski definition) is 5. The van der Waals surface area contributed by atoms with Gasteiger partial charge in [0.1, 0.15) is 25.1 Å². The highest BCUT2D eigenvalue weighted by molar-refractivity contribution is 5.97. The van der Waals surface area contributed by atoms with E-state index < -0.39 is 0 Å². The second-order valence-corrected chi connectivity index (χ2v) is 7.39. The van der Waals surface area contributed by atoms with Crippen molar-refractivity contribution < 1.29 is 23.6 Å². The summed E-state index contributed by atoms with van der Waals surface area (Å²) in [5, 5.41) is 0. The monoisotopic (exact) mass is 406 g/mol. The molecule has 1 aliphatic rings. The molecular weight excluding hydrogens is 382 g/mol. The Morgan fingerprint density at radius 2 is 1.87 bits per heavy atom. The number of benzene rings is 2. The van der Waals surface area contributed by atoms with Crippen LogP contribution in [0.25, 0.3) is 0 Å². The van der Waals surface area contributed by atoms with Crippen LogP contribution in [0.2, 0.25) is 0 Å². The second kappa shape index (κ2) is 8.97. The summed E-state index contributed by atoms with van der Waals surface area (Å²) in [5.41, 5.74) is 2.95. The van der Waals surface area contributed by atoms with Crippen LogP contribution in [0, 0.1) is 0 Å².